The Bertz CT molecular complexity index is 1410. The number of aromatic hydroxyl groups is 1. The van der Waals surface area contributed by atoms with Gasteiger partial charge >= 0.3 is 0 Å². The van der Waals surface area contributed by atoms with Crippen molar-refractivity contribution >= 4 is 5.91 Å². The molecule has 1 amide bonds. The number of nitrogens with zero attached hydrogens (tertiary/aromatic N) is 2. The van der Waals surface area contributed by atoms with Crippen LogP contribution in [-0.4, -0.2) is 39.8 Å². The van der Waals surface area contributed by atoms with Gasteiger partial charge in [0.25, 0.3) is 5.91 Å². The maximum atomic E-state index is 13.6. The Kier molecular flexibility index (Phi) is 6.01. The Morgan fingerprint density at radius 2 is 2.06 bits per heavy atom. The molecule has 3 heterocycles. The largest absolute Gasteiger partial charge is 0.507 e. The third-order valence-electron chi connectivity index (χ3n) is 6.33. The van der Waals surface area contributed by atoms with E-state index in [0.717, 1.165) is 16.7 Å². The number of hydrogen-bond acceptors (Lipinski definition) is 6. The minimum absolute atomic E-state index is 0.114. The predicted octanol–water partition coefficient (Wildman–Crippen LogP) is 5.31. The van der Waals surface area contributed by atoms with Gasteiger partial charge in [-0.15, -0.1) is 0 Å². The van der Waals surface area contributed by atoms with E-state index in [1.165, 1.54) is 0 Å². The molecule has 1 aliphatic heterocycles. The lowest BCUT2D eigenvalue weighted by Gasteiger charge is -2.26. The monoisotopic (exact) mass is 485 g/mol. The van der Waals surface area contributed by atoms with Gasteiger partial charge in [0.05, 0.1) is 26.0 Å². The van der Waals surface area contributed by atoms with E-state index in [1.54, 1.807) is 36.5 Å². The van der Waals surface area contributed by atoms with Gasteiger partial charge in [-0.2, -0.15) is 5.10 Å². The van der Waals surface area contributed by atoms with Crippen LogP contribution >= 0.6 is 0 Å². The molecule has 0 saturated carbocycles. The maximum absolute atomic E-state index is 13.6. The van der Waals surface area contributed by atoms with Crippen LogP contribution in [0.5, 0.6) is 17.2 Å². The molecule has 4 aromatic rings. The van der Waals surface area contributed by atoms with Crippen LogP contribution in [0.25, 0.3) is 11.3 Å². The number of fused-ring (bicyclic) bond motifs is 1. The van der Waals surface area contributed by atoms with Gasteiger partial charge in [0.1, 0.15) is 29.5 Å². The van der Waals surface area contributed by atoms with E-state index in [4.69, 9.17) is 13.9 Å². The molecule has 0 saturated heterocycles. The zero-order valence-electron chi connectivity index (χ0n) is 20.4. The molecule has 8 heteroatoms. The van der Waals surface area contributed by atoms with Crippen molar-refractivity contribution in [2.75, 3.05) is 13.7 Å². The second-order valence-electron chi connectivity index (χ2n) is 8.76. The van der Waals surface area contributed by atoms with Crippen molar-refractivity contribution in [1.29, 1.82) is 0 Å². The molecule has 184 valence electrons. The first-order chi connectivity index (χ1) is 17.4. The van der Waals surface area contributed by atoms with Crippen LogP contribution < -0.4 is 9.47 Å². The number of carbonyl (C=O) groups excluding carboxylic acids is 1. The summed E-state index contributed by atoms with van der Waals surface area (Å²) in [6.07, 6.45) is 3.24. The highest BCUT2D eigenvalue weighted by Crippen LogP contribution is 2.47. The molecule has 0 aliphatic carbocycles. The van der Waals surface area contributed by atoms with Gasteiger partial charge in [-0.25, -0.2) is 0 Å². The number of aromatic amines is 1. The number of hydrogen-bond donors (Lipinski definition) is 2. The van der Waals surface area contributed by atoms with E-state index in [9.17, 15) is 9.90 Å². The maximum Gasteiger partial charge on any atom is 0.273 e. The molecule has 36 heavy (non-hydrogen) atoms. The third-order valence-corrected chi connectivity index (χ3v) is 6.33. The quantitative estimate of drug-likeness (QED) is 0.328. The molecule has 0 unspecified atom stereocenters. The second-order valence-corrected chi connectivity index (χ2v) is 8.76. The fourth-order valence-corrected chi connectivity index (χ4v) is 4.84. The molecule has 1 aliphatic rings. The predicted molar refractivity (Wildman–Crippen MR) is 134 cm³/mol. The van der Waals surface area contributed by atoms with E-state index in [0.29, 0.717) is 46.4 Å². The van der Waals surface area contributed by atoms with Crippen LogP contribution in [-0.2, 0) is 6.54 Å². The highest BCUT2D eigenvalue weighted by Gasteiger charge is 2.43. The number of carbonyl (C=O) groups is 1. The summed E-state index contributed by atoms with van der Waals surface area (Å²) < 4.78 is 16.9. The van der Waals surface area contributed by atoms with Crippen LogP contribution in [0.2, 0.25) is 0 Å². The summed E-state index contributed by atoms with van der Waals surface area (Å²) in [6, 6.07) is 12.4. The Balaban J connectivity index is 1.68. The number of rotatable bonds is 8. The van der Waals surface area contributed by atoms with Gasteiger partial charge in [-0.1, -0.05) is 24.8 Å². The summed E-state index contributed by atoms with van der Waals surface area (Å²) in [6.45, 7) is 8.13. The highest BCUT2D eigenvalue weighted by molar-refractivity contribution is 6.00. The zero-order valence-corrected chi connectivity index (χ0v) is 20.4. The summed E-state index contributed by atoms with van der Waals surface area (Å²) in [7, 11) is 1.57. The fraction of sp³-hybridized carbons (Fsp3) is 0.214. The molecule has 2 aromatic heterocycles. The Labute approximate surface area is 208 Å². The SMILES string of the molecule is C=CCOc1ccc([C@H]2c3c(-c4c(C)cc(C)cc4O)n[nH]c3C(=O)N2Cc2ccco2)cc1OC. The summed E-state index contributed by atoms with van der Waals surface area (Å²) in [5.74, 6) is 1.67. The number of aromatic nitrogens is 2. The van der Waals surface area contributed by atoms with Gasteiger partial charge < -0.3 is 23.9 Å². The number of phenolic OH excluding ortho intramolecular Hbond substituents is 1. The number of amides is 1. The molecule has 2 N–H and O–H groups in total. The topological polar surface area (TPSA) is 101 Å². The van der Waals surface area contributed by atoms with E-state index < -0.39 is 6.04 Å². The third kappa shape index (κ3) is 3.90. The first-order valence-electron chi connectivity index (χ1n) is 11.6. The molecule has 0 fully saturated rings. The van der Waals surface area contributed by atoms with Gasteiger partial charge in [0.15, 0.2) is 11.5 Å². The molecular formula is C28H27N3O5. The minimum Gasteiger partial charge on any atom is -0.507 e. The van der Waals surface area contributed by atoms with Crippen molar-refractivity contribution in [1.82, 2.24) is 15.1 Å². The van der Waals surface area contributed by atoms with E-state index in [-0.39, 0.29) is 18.2 Å². The Hall–Kier alpha value is -4.46. The van der Waals surface area contributed by atoms with Crippen molar-refractivity contribution in [2.24, 2.45) is 0 Å². The fourth-order valence-electron chi connectivity index (χ4n) is 4.84. The van der Waals surface area contributed by atoms with E-state index in [1.807, 2.05) is 44.2 Å². The average Bonchev–Trinajstić information content (AvgIpc) is 3.57. The molecular weight excluding hydrogens is 458 g/mol. The van der Waals surface area contributed by atoms with E-state index in [2.05, 4.69) is 16.8 Å². The lowest BCUT2D eigenvalue weighted by molar-refractivity contribution is 0.0717. The molecule has 0 bridgehead atoms. The standard InChI is InChI=1S/C28H27N3O5/c1-5-10-36-21-9-8-18(14-22(21)34-4)27-24-25(23-17(3)12-16(2)13-20(23)32)29-30-26(24)28(33)31(27)15-19-7-6-11-35-19/h5-9,11-14,27,32H,1,10,15H2,2-4H3,(H,29,30)/t27-/m0/s1. The summed E-state index contributed by atoms with van der Waals surface area (Å²) in [4.78, 5) is 15.3. The van der Waals surface area contributed by atoms with Crippen LogP contribution in [0.3, 0.4) is 0 Å². The van der Waals surface area contributed by atoms with Crippen molar-refractivity contribution in [2.45, 2.75) is 26.4 Å². The minimum atomic E-state index is -0.506. The second kappa shape index (κ2) is 9.30. The van der Waals surface area contributed by atoms with Gasteiger partial charge in [-0.05, 0) is 60.9 Å². The Morgan fingerprint density at radius 1 is 1.22 bits per heavy atom. The molecule has 0 spiro atoms. The van der Waals surface area contributed by atoms with Crippen molar-refractivity contribution < 1.29 is 23.8 Å². The average molecular weight is 486 g/mol. The number of aryl methyl sites for hydroxylation is 2. The first kappa shape index (κ1) is 23.3. The summed E-state index contributed by atoms with van der Waals surface area (Å²) in [5, 5.41) is 18.3. The molecule has 1 atom stereocenters. The van der Waals surface area contributed by atoms with Crippen molar-refractivity contribution in [3.05, 3.63) is 95.1 Å². The number of ether oxygens (including phenoxy) is 2. The van der Waals surface area contributed by atoms with Crippen molar-refractivity contribution in [3.8, 4) is 28.5 Å². The summed E-state index contributed by atoms with van der Waals surface area (Å²) >= 11 is 0. The summed E-state index contributed by atoms with van der Waals surface area (Å²) in [5.41, 5.74) is 4.81. The molecule has 0 radical (unpaired) electrons. The first-order valence-corrected chi connectivity index (χ1v) is 11.6. The number of benzene rings is 2. The lowest BCUT2D eigenvalue weighted by Crippen LogP contribution is -2.29. The number of methoxy groups -OCH3 is 1. The molecule has 5 rings (SSSR count). The van der Waals surface area contributed by atoms with Crippen LogP contribution in [0, 0.1) is 13.8 Å². The highest BCUT2D eigenvalue weighted by atomic mass is 16.5. The molecule has 8 nitrogen and oxygen atoms in total. The number of H-pyrrole nitrogens is 1. The van der Waals surface area contributed by atoms with Gasteiger partial charge in [0, 0.05) is 11.1 Å². The number of furan rings is 1. The zero-order chi connectivity index (χ0) is 25.4. The lowest BCUT2D eigenvalue weighted by atomic mass is 9.93. The van der Waals surface area contributed by atoms with Gasteiger partial charge in [0.2, 0.25) is 0 Å². The number of phenols is 1. The van der Waals surface area contributed by atoms with Crippen LogP contribution in [0.1, 0.15) is 44.5 Å². The van der Waals surface area contributed by atoms with Gasteiger partial charge in [-0.3, -0.25) is 9.89 Å². The normalized spacial score (nSPS) is 14.7. The smallest absolute Gasteiger partial charge is 0.273 e. The van der Waals surface area contributed by atoms with Crippen LogP contribution in [0.4, 0.5) is 0 Å². The number of nitrogens with one attached hydrogen (secondary N) is 1. The van der Waals surface area contributed by atoms with E-state index >= 15 is 0 Å². The molecule has 2 aromatic carbocycles. The van der Waals surface area contributed by atoms with Crippen LogP contribution in [0.15, 0.2) is 65.8 Å². The van der Waals surface area contributed by atoms with Crippen molar-refractivity contribution in [3.63, 3.8) is 0 Å². The Morgan fingerprint density at radius 3 is 2.75 bits per heavy atom.